The number of halogens is 2. The highest BCUT2D eigenvalue weighted by atomic mass is 79.9. The summed E-state index contributed by atoms with van der Waals surface area (Å²) in [5.41, 5.74) is 0. The van der Waals surface area contributed by atoms with E-state index < -0.39 is 0 Å². The predicted octanol–water partition coefficient (Wildman–Crippen LogP) is 2.88. The van der Waals surface area contributed by atoms with Crippen molar-refractivity contribution in [3.05, 3.63) is 28.5 Å². The van der Waals surface area contributed by atoms with Crippen LogP contribution >= 0.6 is 15.9 Å². The van der Waals surface area contributed by atoms with Gasteiger partial charge in [-0.1, -0.05) is 0 Å². The number of nitrogens with zero attached hydrogens (tertiary/aromatic N) is 1. The zero-order valence-electron chi connectivity index (χ0n) is 6.76. The van der Waals surface area contributed by atoms with Crippen LogP contribution in [0.25, 0.3) is 0 Å². The number of benzene rings is 1. The average molecular weight is 244 g/mol. The zero-order valence-corrected chi connectivity index (χ0v) is 8.34. The molecule has 0 bridgehead atoms. The van der Waals surface area contributed by atoms with E-state index >= 15 is 0 Å². The number of hydrogen-bond donors (Lipinski definition) is 0. The van der Waals surface area contributed by atoms with E-state index in [1.807, 2.05) is 6.07 Å². The maximum absolute atomic E-state index is 12.6. The fourth-order valence-corrected chi connectivity index (χ4v) is 1.26. The van der Waals surface area contributed by atoms with E-state index in [1.165, 1.54) is 18.2 Å². The normalized spacial score (nSPS) is 9.31. The molecule has 0 aromatic heterocycles. The van der Waals surface area contributed by atoms with Gasteiger partial charge < -0.3 is 4.74 Å². The Kier molecular flexibility index (Phi) is 3.71. The first-order valence-electron chi connectivity index (χ1n) is 3.69. The number of rotatable bonds is 3. The molecule has 1 aromatic carbocycles. The lowest BCUT2D eigenvalue weighted by Gasteiger charge is -2.05. The van der Waals surface area contributed by atoms with Gasteiger partial charge in [-0.3, -0.25) is 0 Å². The molecule has 0 unspecified atom stereocenters. The van der Waals surface area contributed by atoms with E-state index in [9.17, 15) is 4.39 Å². The van der Waals surface area contributed by atoms with Gasteiger partial charge in [0.05, 0.1) is 17.0 Å². The molecule has 2 nitrogen and oxygen atoms in total. The van der Waals surface area contributed by atoms with Gasteiger partial charge in [-0.15, -0.1) is 0 Å². The fourth-order valence-electron chi connectivity index (χ4n) is 0.799. The second-order valence-electron chi connectivity index (χ2n) is 2.33. The van der Waals surface area contributed by atoms with Crippen LogP contribution in [-0.4, -0.2) is 6.61 Å². The average Bonchev–Trinajstić information content (AvgIpc) is 2.09. The van der Waals surface area contributed by atoms with Gasteiger partial charge in [-0.2, -0.15) is 5.26 Å². The van der Waals surface area contributed by atoms with Gasteiger partial charge in [0.1, 0.15) is 18.2 Å². The van der Waals surface area contributed by atoms with Crippen molar-refractivity contribution in [2.45, 2.75) is 6.42 Å². The molecule has 13 heavy (non-hydrogen) atoms. The van der Waals surface area contributed by atoms with Crippen LogP contribution in [0.3, 0.4) is 0 Å². The molecule has 0 atom stereocenters. The minimum Gasteiger partial charge on any atom is -0.491 e. The van der Waals surface area contributed by atoms with Crippen molar-refractivity contribution in [2.24, 2.45) is 0 Å². The molecule has 0 radical (unpaired) electrons. The van der Waals surface area contributed by atoms with Gasteiger partial charge in [0.2, 0.25) is 0 Å². The van der Waals surface area contributed by atoms with Gasteiger partial charge in [0.25, 0.3) is 0 Å². The quantitative estimate of drug-likeness (QED) is 0.766. The van der Waals surface area contributed by atoms with Crippen LogP contribution in [0.1, 0.15) is 6.42 Å². The highest BCUT2D eigenvalue weighted by molar-refractivity contribution is 9.10. The standard InChI is InChI=1S/C9H7BrFNO/c10-8-6-7(11)2-3-9(8)13-5-1-4-12/h2-3,6H,1,5H2. The summed E-state index contributed by atoms with van der Waals surface area (Å²) < 4.78 is 18.4. The van der Waals surface area contributed by atoms with Crippen molar-refractivity contribution >= 4 is 15.9 Å². The Hall–Kier alpha value is -1.08. The summed E-state index contributed by atoms with van der Waals surface area (Å²) in [5, 5.41) is 8.26. The molecular weight excluding hydrogens is 237 g/mol. The van der Waals surface area contributed by atoms with E-state index in [2.05, 4.69) is 15.9 Å². The SMILES string of the molecule is N#CCCOc1ccc(F)cc1Br. The molecule has 0 saturated carbocycles. The third-order valence-corrected chi connectivity index (χ3v) is 1.99. The van der Waals surface area contributed by atoms with Gasteiger partial charge >= 0.3 is 0 Å². The van der Waals surface area contributed by atoms with Crippen molar-refractivity contribution in [3.63, 3.8) is 0 Å². The molecule has 0 aliphatic rings. The Morgan fingerprint density at radius 3 is 2.92 bits per heavy atom. The van der Waals surface area contributed by atoms with Crippen LogP contribution in [0, 0.1) is 17.1 Å². The molecule has 1 rings (SSSR count). The minimum atomic E-state index is -0.320. The number of nitriles is 1. The molecule has 68 valence electrons. The molecule has 0 saturated heterocycles. The van der Waals surface area contributed by atoms with Gasteiger partial charge in [0.15, 0.2) is 0 Å². The molecule has 0 fully saturated rings. The Labute approximate surface area is 84.1 Å². The topological polar surface area (TPSA) is 33.0 Å². The maximum Gasteiger partial charge on any atom is 0.133 e. The van der Waals surface area contributed by atoms with Gasteiger partial charge in [0, 0.05) is 0 Å². The van der Waals surface area contributed by atoms with Crippen LogP contribution in [0.4, 0.5) is 4.39 Å². The Morgan fingerprint density at radius 2 is 2.31 bits per heavy atom. The van der Waals surface area contributed by atoms with E-state index in [1.54, 1.807) is 0 Å². The van der Waals surface area contributed by atoms with Crippen molar-refractivity contribution in [1.29, 1.82) is 5.26 Å². The third-order valence-electron chi connectivity index (χ3n) is 1.37. The molecule has 0 heterocycles. The first-order valence-corrected chi connectivity index (χ1v) is 4.48. The lowest BCUT2D eigenvalue weighted by atomic mass is 10.3. The summed E-state index contributed by atoms with van der Waals surface area (Å²) >= 11 is 3.15. The second-order valence-corrected chi connectivity index (χ2v) is 3.19. The number of ether oxygens (including phenoxy) is 1. The Balaban J connectivity index is 2.62. The zero-order chi connectivity index (χ0) is 9.68. The second kappa shape index (κ2) is 4.83. The van der Waals surface area contributed by atoms with Crippen molar-refractivity contribution < 1.29 is 9.13 Å². The van der Waals surface area contributed by atoms with Crippen molar-refractivity contribution in [3.8, 4) is 11.8 Å². The molecule has 0 amide bonds. The maximum atomic E-state index is 12.6. The van der Waals surface area contributed by atoms with Crippen molar-refractivity contribution in [2.75, 3.05) is 6.61 Å². The van der Waals surface area contributed by atoms with Crippen LogP contribution < -0.4 is 4.74 Å². The van der Waals surface area contributed by atoms with Crippen LogP contribution in [-0.2, 0) is 0 Å². The smallest absolute Gasteiger partial charge is 0.133 e. The van der Waals surface area contributed by atoms with Crippen molar-refractivity contribution in [1.82, 2.24) is 0 Å². The fraction of sp³-hybridized carbons (Fsp3) is 0.222. The van der Waals surface area contributed by atoms with E-state index in [0.29, 0.717) is 23.2 Å². The first kappa shape index (κ1) is 10.0. The summed E-state index contributed by atoms with van der Waals surface area (Å²) in [6.45, 7) is 0.320. The monoisotopic (exact) mass is 243 g/mol. The molecule has 1 aromatic rings. The summed E-state index contributed by atoms with van der Waals surface area (Å²) in [7, 11) is 0. The first-order chi connectivity index (χ1) is 6.24. The highest BCUT2D eigenvalue weighted by Crippen LogP contribution is 2.25. The highest BCUT2D eigenvalue weighted by Gasteiger charge is 2.01. The van der Waals surface area contributed by atoms with Gasteiger partial charge in [-0.25, -0.2) is 4.39 Å². The van der Waals surface area contributed by atoms with Crippen LogP contribution in [0.2, 0.25) is 0 Å². The Morgan fingerprint density at radius 1 is 1.54 bits per heavy atom. The molecule has 0 N–H and O–H groups in total. The molecular formula is C9H7BrFNO. The van der Waals surface area contributed by atoms with Crippen LogP contribution in [0.15, 0.2) is 22.7 Å². The minimum absolute atomic E-state index is 0.320. The van der Waals surface area contributed by atoms with E-state index in [-0.39, 0.29) is 5.82 Å². The van der Waals surface area contributed by atoms with Crippen LogP contribution in [0.5, 0.6) is 5.75 Å². The summed E-state index contributed by atoms with van der Waals surface area (Å²) in [5.74, 6) is 0.233. The lowest BCUT2D eigenvalue weighted by molar-refractivity contribution is 0.324. The Bertz CT molecular complexity index is 335. The predicted molar refractivity (Wildman–Crippen MR) is 49.8 cm³/mol. The molecule has 0 aliphatic carbocycles. The molecule has 0 aliphatic heterocycles. The van der Waals surface area contributed by atoms with Gasteiger partial charge in [-0.05, 0) is 34.1 Å². The molecule has 4 heteroatoms. The largest absolute Gasteiger partial charge is 0.491 e. The molecule has 0 spiro atoms. The summed E-state index contributed by atoms with van der Waals surface area (Å²) in [6, 6.07) is 6.11. The lowest BCUT2D eigenvalue weighted by Crippen LogP contribution is -1.96. The summed E-state index contributed by atoms with van der Waals surface area (Å²) in [4.78, 5) is 0. The summed E-state index contributed by atoms with van der Waals surface area (Å²) in [6.07, 6.45) is 0.323. The van der Waals surface area contributed by atoms with E-state index in [0.717, 1.165) is 0 Å². The third kappa shape index (κ3) is 3.03. The van der Waals surface area contributed by atoms with E-state index in [4.69, 9.17) is 10.00 Å². The number of hydrogen-bond acceptors (Lipinski definition) is 2.